The van der Waals surface area contributed by atoms with Gasteiger partial charge in [0, 0.05) is 39.3 Å². The molecule has 27 heavy (non-hydrogen) atoms. The molecule has 0 unspecified atom stereocenters. The molecule has 0 radical (unpaired) electrons. The number of rotatable bonds is 12. The van der Waals surface area contributed by atoms with E-state index >= 15 is 0 Å². The maximum Gasteiger partial charge on any atom is 0.119 e. The van der Waals surface area contributed by atoms with Gasteiger partial charge in [-0.1, -0.05) is 36.5 Å². The van der Waals surface area contributed by atoms with E-state index in [1.165, 1.54) is 19.0 Å². The first-order valence-electron chi connectivity index (χ1n) is 8.57. The van der Waals surface area contributed by atoms with Gasteiger partial charge in [0.05, 0.1) is 0 Å². The molecule has 6 heteroatoms. The fourth-order valence-corrected chi connectivity index (χ4v) is 1.07. The van der Waals surface area contributed by atoms with E-state index in [4.69, 9.17) is 0 Å². The van der Waals surface area contributed by atoms with Crippen LogP contribution in [-0.4, -0.2) is 54.2 Å². The smallest absolute Gasteiger partial charge is 0.119 e. The summed E-state index contributed by atoms with van der Waals surface area (Å²) in [7, 11) is 0. The third-order valence-electron chi connectivity index (χ3n) is 2.13. The average molecular weight is 373 g/mol. The highest BCUT2D eigenvalue weighted by atomic mass is 14.9. The summed E-state index contributed by atoms with van der Waals surface area (Å²) < 4.78 is 0. The second kappa shape index (κ2) is 34.6. The highest BCUT2D eigenvalue weighted by Gasteiger charge is 1.70. The van der Waals surface area contributed by atoms with Crippen LogP contribution in [0.3, 0.4) is 0 Å². The molecule has 0 saturated heterocycles. The SMILES string of the molecule is C=CCNCC=C.C=CCNCC=C.C=CCNCC=C.c1ncncn1. The summed E-state index contributed by atoms with van der Waals surface area (Å²) in [4.78, 5) is 10.7. The van der Waals surface area contributed by atoms with Crippen molar-refractivity contribution in [1.82, 2.24) is 30.9 Å². The molecule has 0 saturated carbocycles. The van der Waals surface area contributed by atoms with Crippen molar-refractivity contribution in [3.8, 4) is 0 Å². The molecule has 0 spiro atoms. The largest absolute Gasteiger partial charge is 0.310 e. The van der Waals surface area contributed by atoms with Crippen molar-refractivity contribution in [3.63, 3.8) is 0 Å². The molecule has 150 valence electrons. The molecule has 0 fully saturated rings. The fraction of sp³-hybridized carbons (Fsp3) is 0.286. The topological polar surface area (TPSA) is 74.8 Å². The average Bonchev–Trinajstić information content (AvgIpc) is 2.72. The van der Waals surface area contributed by atoms with E-state index in [1.807, 2.05) is 36.5 Å². The number of hydrogen-bond acceptors (Lipinski definition) is 6. The van der Waals surface area contributed by atoms with Crippen molar-refractivity contribution in [2.75, 3.05) is 39.3 Å². The number of hydrogen-bond donors (Lipinski definition) is 3. The van der Waals surface area contributed by atoms with Crippen molar-refractivity contribution >= 4 is 0 Å². The van der Waals surface area contributed by atoms with E-state index in [0.717, 1.165) is 39.3 Å². The number of nitrogens with one attached hydrogen (secondary N) is 3. The standard InChI is InChI=1S/3C6H11N.C3H3N3/c3*1-3-5-7-6-4-2;1-4-2-6-3-5-1/h3*3-4,7H,1-2,5-6H2;1-3H. The van der Waals surface area contributed by atoms with E-state index in [2.05, 4.69) is 70.4 Å². The van der Waals surface area contributed by atoms with Crippen LogP contribution >= 0.6 is 0 Å². The van der Waals surface area contributed by atoms with Gasteiger partial charge >= 0.3 is 0 Å². The molecule has 0 amide bonds. The van der Waals surface area contributed by atoms with Gasteiger partial charge in [0.2, 0.25) is 0 Å². The Morgan fingerprint density at radius 3 is 0.741 bits per heavy atom. The van der Waals surface area contributed by atoms with Crippen molar-refractivity contribution in [2.45, 2.75) is 0 Å². The molecule has 1 aromatic rings. The van der Waals surface area contributed by atoms with Crippen LogP contribution in [0.4, 0.5) is 0 Å². The molecule has 1 rings (SSSR count). The minimum atomic E-state index is 0.867. The lowest BCUT2D eigenvalue weighted by atomic mass is 10.5. The summed E-state index contributed by atoms with van der Waals surface area (Å²) >= 11 is 0. The summed E-state index contributed by atoms with van der Waals surface area (Å²) in [6.07, 6.45) is 15.2. The van der Waals surface area contributed by atoms with Gasteiger partial charge in [-0.2, -0.15) is 0 Å². The van der Waals surface area contributed by atoms with Crippen molar-refractivity contribution in [1.29, 1.82) is 0 Å². The van der Waals surface area contributed by atoms with Gasteiger partial charge < -0.3 is 16.0 Å². The summed E-state index contributed by atoms with van der Waals surface area (Å²) in [6.45, 7) is 26.4. The molecule has 3 N–H and O–H groups in total. The minimum absolute atomic E-state index is 0.867. The van der Waals surface area contributed by atoms with E-state index in [1.54, 1.807) is 0 Å². The molecule has 0 aliphatic carbocycles. The fourth-order valence-electron chi connectivity index (χ4n) is 1.07. The van der Waals surface area contributed by atoms with Crippen LogP contribution in [0.2, 0.25) is 0 Å². The van der Waals surface area contributed by atoms with E-state index in [9.17, 15) is 0 Å². The maximum atomic E-state index is 3.56. The Morgan fingerprint density at radius 2 is 0.630 bits per heavy atom. The Balaban J connectivity index is -0.000000285. The van der Waals surface area contributed by atoms with E-state index < -0.39 is 0 Å². The van der Waals surface area contributed by atoms with Crippen LogP contribution in [0, 0.1) is 0 Å². The molecule has 0 aromatic carbocycles. The van der Waals surface area contributed by atoms with Gasteiger partial charge in [-0.25, -0.2) is 15.0 Å². The number of nitrogens with zero attached hydrogens (tertiary/aromatic N) is 3. The van der Waals surface area contributed by atoms with Crippen molar-refractivity contribution in [2.24, 2.45) is 0 Å². The van der Waals surface area contributed by atoms with Crippen molar-refractivity contribution in [3.05, 3.63) is 94.9 Å². The molecule has 1 aromatic heterocycles. The number of aromatic nitrogens is 3. The zero-order valence-electron chi connectivity index (χ0n) is 16.5. The van der Waals surface area contributed by atoms with Crippen LogP contribution < -0.4 is 16.0 Å². The van der Waals surface area contributed by atoms with Crippen LogP contribution in [0.5, 0.6) is 0 Å². The highest BCUT2D eigenvalue weighted by Crippen LogP contribution is 1.61. The zero-order valence-corrected chi connectivity index (χ0v) is 16.5. The van der Waals surface area contributed by atoms with E-state index in [-0.39, 0.29) is 0 Å². The summed E-state index contributed by atoms with van der Waals surface area (Å²) in [5, 5.41) is 9.15. The molecule has 1 heterocycles. The van der Waals surface area contributed by atoms with Gasteiger partial charge in [-0.15, -0.1) is 39.5 Å². The molecular weight excluding hydrogens is 336 g/mol. The third-order valence-corrected chi connectivity index (χ3v) is 2.13. The zero-order chi connectivity index (χ0) is 20.8. The monoisotopic (exact) mass is 372 g/mol. The predicted molar refractivity (Wildman–Crippen MR) is 120 cm³/mol. The summed E-state index contributed by atoms with van der Waals surface area (Å²) in [5.74, 6) is 0. The lowest BCUT2D eigenvalue weighted by Gasteiger charge is -1.90. The summed E-state index contributed by atoms with van der Waals surface area (Å²) in [5.41, 5.74) is 0. The van der Waals surface area contributed by atoms with Crippen molar-refractivity contribution < 1.29 is 0 Å². The molecule has 6 nitrogen and oxygen atoms in total. The second-order valence-electron chi connectivity index (χ2n) is 4.50. The molecule has 0 bridgehead atoms. The molecule has 0 atom stereocenters. The Labute approximate surface area is 165 Å². The lowest BCUT2D eigenvalue weighted by Crippen LogP contribution is -2.11. The van der Waals surface area contributed by atoms with E-state index in [0.29, 0.717) is 0 Å². The van der Waals surface area contributed by atoms with Crippen LogP contribution in [0.1, 0.15) is 0 Å². The van der Waals surface area contributed by atoms with Crippen LogP contribution in [0.15, 0.2) is 94.9 Å². The Hall–Kier alpha value is -2.67. The Morgan fingerprint density at radius 1 is 0.444 bits per heavy atom. The Bertz CT molecular complexity index is 352. The first kappa shape index (κ1) is 29.1. The summed E-state index contributed by atoms with van der Waals surface area (Å²) in [6, 6.07) is 0. The second-order valence-corrected chi connectivity index (χ2v) is 4.50. The first-order valence-corrected chi connectivity index (χ1v) is 8.57. The van der Waals surface area contributed by atoms with Gasteiger partial charge in [-0.05, 0) is 0 Å². The van der Waals surface area contributed by atoms with Gasteiger partial charge in [-0.3, -0.25) is 0 Å². The Kier molecular flexibility index (Phi) is 37.3. The minimum Gasteiger partial charge on any atom is -0.310 e. The van der Waals surface area contributed by atoms with Crippen LogP contribution in [-0.2, 0) is 0 Å². The normalized spacial score (nSPS) is 8.00. The van der Waals surface area contributed by atoms with Gasteiger partial charge in [0.25, 0.3) is 0 Å². The van der Waals surface area contributed by atoms with Gasteiger partial charge in [0.1, 0.15) is 19.0 Å². The first-order chi connectivity index (χ1) is 13.2. The quantitative estimate of drug-likeness (QED) is 0.387. The predicted octanol–water partition coefficient (Wildman–Crippen LogP) is 2.72. The lowest BCUT2D eigenvalue weighted by molar-refractivity contribution is 0.845. The maximum absolute atomic E-state index is 3.56. The van der Waals surface area contributed by atoms with Gasteiger partial charge in [0.15, 0.2) is 0 Å². The molecule has 0 aliphatic heterocycles. The molecular formula is C21H36N6. The highest BCUT2D eigenvalue weighted by molar-refractivity contribution is 4.76. The van der Waals surface area contributed by atoms with Crippen LogP contribution in [0.25, 0.3) is 0 Å². The third kappa shape index (κ3) is 45.2. The molecule has 0 aliphatic rings.